The van der Waals surface area contributed by atoms with Gasteiger partial charge in [0.2, 0.25) is 0 Å². The Morgan fingerprint density at radius 2 is 1.95 bits per heavy atom. The third-order valence-corrected chi connectivity index (χ3v) is 4.23. The smallest absolute Gasteiger partial charge is 0.123 e. The Morgan fingerprint density at radius 1 is 1.23 bits per heavy atom. The van der Waals surface area contributed by atoms with Crippen molar-refractivity contribution in [2.45, 2.75) is 25.0 Å². The van der Waals surface area contributed by atoms with E-state index in [1.54, 1.807) is 12.1 Å². The van der Waals surface area contributed by atoms with Gasteiger partial charge in [0, 0.05) is 24.1 Å². The van der Waals surface area contributed by atoms with Crippen molar-refractivity contribution in [3.63, 3.8) is 0 Å². The van der Waals surface area contributed by atoms with E-state index in [2.05, 4.69) is 18.3 Å². The number of rotatable bonds is 5. The van der Waals surface area contributed by atoms with E-state index in [1.807, 2.05) is 18.2 Å². The highest BCUT2D eigenvalue weighted by Crippen LogP contribution is 2.35. The number of para-hydroxylation sites is 1. The van der Waals surface area contributed by atoms with Gasteiger partial charge in [0.15, 0.2) is 0 Å². The van der Waals surface area contributed by atoms with Gasteiger partial charge in [-0.3, -0.25) is 0 Å². The second-order valence-corrected chi connectivity index (χ2v) is 5.72. The van der Waals surface area contributed by atoms with E-state index in [9.17, 15) is 9.50 Å². The number of hydrogen-bond donors (Lipinski definition) is 2. The molecule has 0 spiro atoms. The Bertz CT molecular complexity index is 629. The number of fused-ring (bicyclic) bond motifs is 1. The molecule has 0 aromatic heterocycles. The fraction of sp³-hybridized carbons (Fsp3) is 0.333. The van der Waals surface area contributed by atoms with Gasteiger partial charge in [0.1, 0.15) is 11.6 Å². The second-order valence-electron chi connectivity index (χ2n) is 5.72. The average molecular weight is 301 g/mol. The molecule has 3 nitrogen and oxygen atoms in total. The van der Waals surface area contributed by atoms with Crippen LogP contribution in [0.3, 0.4) is 0 Å². The minimum Gasteiger partial charge on any atom is -0.493 e. The van der Waals surface area contributed by atoms with Crippen LogP contribution in [0.25, 0.3) is 0 Å². The van der Waals surface area contributed by atoms with Gasteiger partial charge in [-0.05, 0) is 30.7 Å². The van der Waals surface area contributed by atoms with Crippen LogP contribution < -0.4 is 10.1 Å². The van der Waals surface area contributed by atoms with Crippen LogP contribution in [-0.2, 0) is 0 Å². The van der Waals surface area contributed by atoms with Crippen LogP contribution in [0.2, 0.25) is 0 Å². The molecule has 4 heteroatoms. The summed E-state index contributed by atoms with van der Waals surface area (Å²) in [7, 11) is 0. The lowest BCUT2D eigenvalue weighted by atomic mass is 9.94. The first kappa shape index (κ1) is 15.0. The van der Waals surface area contributed by atoms with Gasteiger partial charge in [-0.1, -0.05) is 30.3 Å². The first-order valence-corrected chi connectivity index (χ1v) is 7.54. The SMILES string of the molecule is C[C@H](NC[C@H](O)c1ccc(F)cc1)[C@H]1COc2ccccc21. The van der Waals surface area contributed by atoms with Crippen LogP contribution in [-0.4, -0.2) is 24.3 Å². The molecule has 0 fully saturated rings. The maximum Gasteiger partial charge on any atom is 0.123 e. The summed E-state index contributed by atoms with van der Waals surface area (Å²) >= 11 is 0. The highest BCUT2D eigenvalue weighted by molar-refractivity contribution is 5.40. The van der Waals surface area contributed by atoms with Crippen molar-refractivity contribution in [2.75, 3.05) is 13.2 Å². The zero-order valence-electron chi connectivity index (χ0n) is 12.5. The third kappa shape index (κ3) is 3.13. The molecule has 0 unspecified atom stereocenters. The van der Waals surface area contributed by atoms with Crippen LogP contribution in [0.4, 0.5) is 4.39 Å². The number of aliphatic hydroxyl groups is 1. The van der Waals surface area contributed by atoms with Gasteiger partial charge in [-0.15, -0.1) is 0 Å². The molecule has 0 bridgehead atoms. The standard InChI is InChI=1S/C18H20FNO2/c1-12(16-11-22-18-5-3-2-4-15(16)18)20-10-17(21)13-6-8-14(19)9-7-13/h2-9,12,16-17,20-21H,10-11H2,1H3/t12-,16+,17-/m0/s1. The van der Waals surface area contributed by atoms with Crippen molar-refractivity contribution in [3.05, 3.63) is 65.5 Å². The van der Waals surface area contributed by atoms with Gasteiger partial charge in [0.25, 0.3) is 0 Å². The largest absolute Gasteiger partial charge is 0.493 e. The molecule has 2 aromatic rings. The number of benzene rings is 2. The second kappa shape index (κ2) is 6.46. The molecule has 1 heterocycles. The summed E-state index contributed by atoms with van der Waals surface area (Å²) in [6.07, 6.45) is -0.652. The third-order valence-electron chi connectivity index (χ3n) is 4.23. The van der Waals surface area contributed by atoms with Crippen molar-refractivity contribution in [3.8, 4) is 5.75 Å². The molecular formula is C18H20FNO2. The number of ether oxygens (including phenoxy) is 1. The first-order valence-electron chi connectivity index (χ1n) is 7.54. The highest BCUT2D eigenvalue weighted by Gasteiger charge is 2.28. The molecule has 3 rings (SSSR count). The number of nitrogens with one attached hydrogen (secondary N) is 1. The Balaban J connectivity index is 1.59. The van der Waals surface area contributed by atoms with Crippen molar-refractivity contribution in [2.24, 2.45) is 0 Å². The van der Waals surface area contributed by atoms with Crippen LogP contribution in [0.5, 0.6) is 5.75 Å². The topological polar surface area (TPSA) is 41.5 Å². The number of halogens is 1. The van der Waals surface area contributed by atoms with E-state index in [0.717, 1.165) is 5.75 Å². The Hall–Kier alpha value is -1.91. The summed E-state index contributed by atoms with van der Waals surface area (Å²) in [6, 6.07) is 14.2. The monoisotopic (exact) mass is 301 g/mol. The predicted molar refractivity (Wildman–Crippen MR) is 83.5 cm³/mol. The highest BCUT2D eigenvalue weighted by atomic mass is 19.1. The lowest BCUT2D eigenvalue weighted by molar-refractivity contribution is 0.167. The molecule has 1 aliphatic heterocycles. The first-order chi connectivity index (χ1) is 10.6. The molecule has 22 heavy (non-hydrogen) atoms. The number of aliphatic hydroxyl groups excluding tert-OH is 1. The molecule has 2 N–H and O–H groups in total. The van der Waals surface area contributed by atoms with E-state index in [0.29, 0.717) is 18.7 Å². The normalized spacial score (nSPS) is 19.3. The maximum atomic E-state index is 12.9. The maximum absolute atomic E-state index is 12.9. The minimum atomic E-state index is -0.652. The molecule has 0 aliphatic carbocycles. The molecule has 0 saturated heterocycles. The van der Waals surface area contributed by atoms with E-state index in [1.165, 1.54) is 17.7 Å². The van der Waals surface area contributed by atoms with Crippen molar-refractivity contribution in [1.82, 2.24) is 5.32 Å². The average Bonchev–Trinajstić information content (AvgIpc) is 2.97. The van der Waals surface area contributed by atoms with Crippen LogP contribution in [0, 0.1) is 5.82 Å². The van der Waals surface area contributed by atoms with E-state index >= 15 is 0 Å². The van der Waals surface area contributed by atoms with Crippen molar-refractivity contribution >= 4 is 0 Å². The van der Waals surface area contributed by atoms with Crippen LogP contribution >= 0.6 is 0 Å². The Labute approximate surface area is 129 Å². The number of hydrogen-bond acceptors (Lipinski definition) is 3. The zero-order chi connectivity index (χ0) is 15.5. The van der Waals surface area contributed by atoms with Gasteiger partial charge in [-0.2, -0.15) is 0 Å². The summed E-state index contributed by atoms with van der Waals surface area (Å²) < 4.78 is 18.6. The van der Waals surface area contributed by atoms with Gasteiger partial charge < -0.3 is 15.2 Å². The molecular weight excluding hydrogens is 281 g/mol. The Kier molecular flexibility index (Phi) is 4.41. The van der Waals surface area contributed by atoms with Gasteiger partial charge >= 0.3 is 0 Å². The fourth-order valence-electron chi connectivity index (χ4n) is 2.84. The van der Waals surface area contributed by atoms with E-state index in [-0.39, 0.29) is 17.8 Å². The Morgan fingerprint density at radius 3 is 2.73 bits per heavy atom. The van der Waals surface area contributed by atoms with Gasteiger partial charge in [0.05, 0.1) is 12.7 Å². The molecule has 1 aliphatic rings. The molecule has 2 aromatic carbocycles. The minimum absolute atomic E-state index is 0.179. The summed E-state index contributed by atoms with van der Waals surface area (Å²) in [5.74, 6) is 0.925. The quantitative estimate of drug-likeness (QED) is 0.892. The molecule has 3 atom stereocenters. The molecule has 0 amide bonds. The summed E-state index contributed by atoms with van der Waals surface area (Å²) in [4.78, 5) is 0. The molecule has 0 saturated carbocycles. The van der Waals surface area contributed by atoms with E-state index in [4.69, 9.17) is 4.74 Å². The summed E-state index contributed by atoms with van der Waals surface area (Å²) in [5.41, 5.74) is 1.92. The molecule has 0 radical (unpaired) electrons. The molecule has 116 valence electrons. The lowest BCUT2D eigenvalue weighted by Crippen LogP contribution is -2.35. The van der Waals surface area contributed by atoms with Gasteiger partial charge in [-0.25, -0.2) is 4.39 Å². The van der Waals surface area contributed by atoms with Crippen molar-refractivity contribution < 1.29 is 14.2 Å². The summed E-state index contributed by atoms with van der Waals surface area (Å²) in [5, 5.41) is 13.5. The zero-order valence-corrected chi connectivity index (χ0v) is 12.5. The summed E-state index contributed by atoms with van der Waals surface area (Å²) in [6.45, 7) is 3.17. The van der Waals surface area contributed by atoms with Crippen LogP contribution in [0.15, 0.2) is 48.5 Å². The predicted octanol–water partition coefficient (Wildman–Crippen LogP) is 3.01. The van der Waals surface area contributed by atoms with Crippen molar-refractivity contribution in [1.29, 1.82) is 0 Å². The van der Waals surface area contributed by atoms with Crippen LogP contribution in [0.1, 0.15) is 30.1 Å². The fourth-order valence-corrected chi connectivity index (χ4v) is 2.84. The lowest BCUT2D eigenvalue weighted by Gasteiger charge is -2.22. The van der Waals surface area contributed by atoms with E-state index < -0.39 is 6.10 Å².